The van der Waals surface area contributed by atoms with Gasteiger partial charge in [-0.3, -0.25) is 5.32 Å². The van der Waals surface area contributed by atoms with Crippen molar-refractivity contribution in [1.82, 2.24) is 0 Å². The van der Waals surface area contributed by atoms with Crippen molar-refractivity contribution < 1.29 is 4.73 Å². The molecule has 0 aromatic carbocycles. The summed E-state index contributed by atoms with van der Waals surface area (Å²) in [4.78, 5) is 0. The van der Waals surface area contributed by atoms with E-state index < -0.39 is 0 Å². The first-order chi connectivity index (χ1) is 5.84. The van der Waals surface area contributed by atoms with E-state index in [1.54, 1.807) is 12.1 Å². The quantitative estimate of drug-likeness (QED) is 0.418. The number of pyridine rings is 1. The minimum Gasteiger partial charge on any atom is -0.711 e. The van der Waals surface area contributed by atoms with E-state index in [2.05, 4.69) is 12.2 Å². The zero-order valence-electron chi connectivity index (χ0n) is 7.29. The molecule has 0 spiro atoms. The van der Waals surface area contributed by atoms with Crippen molar-refractivity contribution in [2.24, 2.45) is 0 Å². The van der Waals surface area contributed by atoms with Crippen LogP contribution in [0.1, 0.15) is 19.8 Å². The van der Waals surface area contributed by atoms with Gasteiger partial charge in [-0.15, -0.1) is 0 Å². The van der Waals surface area contributed by atoms with Gasteiger partial charge in [-0.25, -0.2) is 4.73 Å². The standard InChI is InChI=1S/C9H14N2O/c1-2-3-7-10-9-6-4-5-8-11(9)12/h4-6,8,10H,2-3,7H2,1H3. The third-order valence-electron chi connectivity index (χ3n) is 1.66. The summed E-state index contributed by atoms with van der Waals surface area (Å²) in [6.07, 6.45) is 3.72. The van der Waals surface area contributed by atoms with Crippen LogP contribution < -0.4 is 10.0 Å². The summed E-state index contributed by atoms with van der Waals surface area (Å²) in [5.41, 5.74) is 0. The van der Waals surface area contributed by atoms with E-state index in [1.807, 2.05) is 6.07 Å². The van der Waals surface area contributed by atoms with Crippen LogP contribution in [0.4, 0.5) is 5.82 Å². The molecule has 1 rings (SSSR count). The van der Waals surface area contributed by atoms with Crippen LogP contribution in [0.25, 0.3) is 0 Å². The molecule has 12 heavy (non-hydrogen) atoms. The molecule has 1 aromatic rings. The van der Waals surface area contributed by atoms with E-state index in [1.165, 1.54) is 6.20 Å². The van der Waals surface area contributed by atoms with Gasteiger partial charge >= 0.3 is 0 Å². The van der Waals surface area contributed by atoms with Gasteiger partial charge in [-0.1, -0.05) is 19.4 Å². The summed E-state index contributed by atoms with van der Waals surface area (Å²) in [7, 11) is 0. The van der Waals surface area contributed by atoms with Gasteiger partial charge < -0.3 is 5.21 Å². The van der Waals surface area contributed by atoms with Gasteiger partial charge in [0, 0.05) is 6.07 Å². The van der Waals surface area contributed by atoms with Crippen molar-refractivity contribution in [2.75, 3.05) is 11.9 Å². The Morgan fingerprint density at radius 2 is 2.33 bits per heavy atom. The van der Waals surface area contributed by atoms with Crippen LogP contribution in [-0.4, -0.2) is 6.54 Å². The van der Waals surface area contributed by atoms with Crippen LogP contribution in [0, 0.1) is 5.21 Å². The third kappa shape index (κ3) is 2.42. The summed E-state index contributed by atoms with van der Waals surface area (Å²) in [6.45, 7) is 2.99. The first kappa shape index (κ1) is 8.84. The first-order valence-corrected chi connectivity index (χ1v) is 4.26. The molecular formula is C9H14N2O. The molecule has 3 heteroatoms. The Morgan fingerprint density at radius 1 is 1.50 bits per heavy atom. The SMILES string of the molecule is CCCCNc1cccc[n+]1[O-]. The molecule has 1 N–H and O–H groups in total. The van der Waals surface area contributed by atoms with Crippen molar-refractivity contribution >= 4 is 5.82 Å². The lowest BCUT2D eigenvalue weighted by molar-refractivity contribution is -0.590. The predicted octanol–water partition coefficient (Wildman–Crippen LogP) is 1.53. The molecule has 0 atom stereocenters. The molecule has 0 fully saturated rings. The molecule has 3 nitrogen and oxygen atoms in total. The van der Waals surface area contributed by atoms with Gasteiger partial charge in [-0.05, 0) is 12.5 Å². The normalized spacial score (nSPS) is 9.75. The fraction of sp³-hybridized carbons (Fsp3) is 0.444. The van der Waals surface area contributed by atoms with E-state index in [0.29, 0.717) is 5.82 Å². The highest BCUT2D eigenvalue weighted by Crippen LogP contribution is 1.97. The van der Waals surface area contributed by atoms with E-state index in [0.717, 1.165) is 24.1 Å². The lowest BCUT2D eigenvalue weighted by Crippen LogP contribution is -2.30. The molecule has 1 aromatic heterocycles. The maximum Gasteiger partial charge on any atom is 0.277 e. The zero-order valence-corrected chi connectivity index (χ0v) is 7.29. The van der Waals surface area contributed by atoms with Crippen LogP contribution in [-0.2, 0) is 0 Å². The number of unbranched alkanes of at least 4 members (excludes halogenated alkanes) is 1. The number of hydrogen-bond donors (Lipinski definition) is 1. The molecule has 66 valence electrons. The molecule has 0 unspecified atom stereocenters. The fourth-order valence-corrected chi connectivity index (χ4v) is 0.958. The minimum absolute atomic E-state index is 0.631. The number of anilines is 1. The van der Waals surface area contributed by atoms with Crippen LogP contribution >= 0.6 is 0 Å². The Balaban J connectivity index is 2.46. The molecule has 1 heterocycles. The van der Waals surface area contributed by atoms with Crippen molar-refractivity contribution in [3.8, 4) is 0 Å². The number of nitrogens with one attached hydrogen (secondary N) is 1. The summed E-state index contributed by atoms with van der Waals surface area (Å²) in [5.74, 6) is 0.631. The van der Waals surface area contributed by atoms with Gasteiger partial charge in [0.2, 0.25) is 0 Å². The van der Waals surface area contributed by atoms with Gasteiger partial charge in [0.05, 0.1) is 12.7 Å². The molecular weight excluding hydrogens is 152 g/mol. The smallest absolute Gasteiger partial charge is 0.277 e. The van der Waals surface area contributed by atoms with Gasteiger partial charge in [0.25, 0.3) is 5.82 Å². The molecule has 0 bridgehead atoms. The number of hydrogen-bond acceptors (Lipinski definition) is 2. The second-order valence-electron chi connectivity index (χ2n) is 2.69. The van der Waals surface area contributed by atoms with Gasteiger partial charge in [0.15, 0.2) is 0 Å². The second-order valence-corrected chi connectivity index (χ2v) is 2.69. The van der Waals surface area contributed by atoms with E-state index in [9.17, 15) is 5.21 Å². The Labute approximate surface area is 72.6 Å². The van der Waals surface area contributed by atoms with Gasteiger partial charge in [0.1, 0.15) is 0 Å². The fourth-order valence-electron chi connectivity index (χ4n) is 0.958. The van der Waals surface area contributed by atoms with Crippen molar-refractivity contribution in [2.45, 2.75) is 19.8 Å². The number of nitrogens with zero attached hydrogens (tertiary/aromatic N) is 1. The summed E-state index contributed by atoms with van der Waals surface area (Å²) in [5, 5.41) is 14.1. The van der Waals surface area contributed by atoms with Crippen LogP contribution in [0.2, 0.25) is 0 Å². The Bertz CT molecular complexity index is 238. The third-order valence-corrected chi connectivity index (χ3v) is 1.66. The van der Waals surface area contributed by atoms with Crippen molar-refractivity contribution in [3.05, 3.63) is 29.6 Å². The van der Waals surface area contributed by atoms with Gasteiger partial charge in [-0.2, -0.15) is 0 Å². The lowest BCUT2D eigenvalue weighted by Gasteiger charge is -2.06. The average Bonchev–Trinajstić information content (AvgIpc) is 2.09. The number of aromatic nitrogens is 1. The largest absolute Gasteiger partial charge is 0.711 e. The molecule has 0 amide bonds. The zero-order chi connectivity index (χ0) is 8.81. The Kier molecular flexibility index (Phi) is 3.38. The topological polar surface area (TPSA) is 39.0 Å². The van der Waals surface area contributed by atoms with E-state index in [-0.39, 0.29) is 0 Å². The molecule has 0 aliphatic rings. The van der Waals surface area contributed by atoms with E-state index >= 15 is 0 Å². The Hall–Kier alpha value is -1.25. The summed E-state index contributed by atoms with van der Waals surface area (Å²) < 4.78 is 0.843. The van der Waals surface area contributed by atoms with Crippen LogP contribution in [0.5, 0.6) is 0 Å². The lowest BCUT2D eigenvalue weighted by atomic mass is 10.3. The second kappa shape index (κ2) is 4.59. The van der Waals surface area contributed by atoms with Crippen molar-refractivity contribution in [1.29, 1.82) is 0 Å². The van der Waals surface area contributed by atoms with E-state index in [4.69, 9.17) is 0 Å². The molecule has 0 aliphatic carbocycles. The number of rotatable bonds is 4. The van der Waals surface area contributed by atoms with Crippen LogP contribution in [0.15, 0.2) is 24.4 Å². The first-order valence-electron chi connectivity index (χ1n) is 4.26. The molecule has 0 aliphatic heterocycles. The molecule has 0 saturated heterocycles. The molecule has 0 radical (unpaired) electrons. The maximum absolute atomic E-state index is 11.1. The highest BCUT2D eigenvalue weighted by atomic mass is 16.5. The highest BCUT2D eigenvalue weighted by molar-refractivity contribution is 5.27. The van der Waals surface area contributed by atoms with Crippen molar-refractivity contribution in [3.63, 3.8) is 0 Å². The highest BCUT2D eigenvalue weighted by Gasteiger charge is 1.98. The van der Waals surface area contributed by atoms with Crippen LogP contribution in [0.3, 0.4) is 0 Å². The average molecular weight is 166 g/mol. The molecule has 0 saturated carbocycles. The maximum atomic E-state index is 11.1. The Morgan fingerprint density at radius 3 is 3.00 bits per heavy atom. The monoisotopic (exact) mass is 166 g/mol. The summed E-state index contributed by atoms with van der Waals surface area (Å²) >= 11 is 0. The summed E-state index contributed by atoms with van der Waals surface area (Å²) in [6, 6.07) is 5.35. The minimum atomic E-state index is 0.631. The predicted molar refractivity (Wildman–Crippen MR) is 48.8 cm³/mol.